The van der Waals surface area contributed by atoms with Crippen LogP contribution in [-0.4, -0.2) is 0 Å². The van der Waals surface area contributed by atoms with Gasteiger partial charge in [0.1, 0.15) is 0 Å². The van der Waals surface area contributed by atoms with Crippen molar-refractivity contribution >= 4 is 38.6 Å². The summed E-state index contributed by atoms with van der Waals surface area (Å²) in [5.41, 5.74) is 29.3. The smallest absolute Gasteiger partial charge is 0.151 e. The lowest BCUT2D eigenvalue weighted by atomic mass is 9.80. The van der Waals surface area contributed by atoms with Gasteiger partial charge in [-0.1, -0.05) is 276 Å². The summed E-state index contributed by atoms with van der Waals surface area (Å²) < 4.78 is 7.36. The highest BCUT2D eigenvalue weighted by atomic mass is 16.5. The first kappa shape index (κ1) is 51.6. The fourth-order valence-corrected chi connectivity index (χ4v) is 15.0. The van der Waals surface area contributed by atoms with Gasteiger partial charge in [0.15, 0.2) is 11.5 Å². The molecule has 416 valence electrons. The van der Waals surface area contributed by atoms with E-state index in [0.29, 0.717) is 0 Å². The Hall–Kier alpha value is -10.8. The number of hydrogen-bond donors (Lipinski definition) is 0. The van der Waals surface area contributed by atoms with E-state index in [4.69, 9.17) is 4.74 Å². The van der Waals surface area contributed by atoms with E-state index < -0.39 is 0 Å². The van der Waals surface area contributed by atoms with Gasteiger partial charge in [-0.25, -0.2) is 0 Å². The molecule has 0 bridgehead atoms. The maximum atomic E-state index is 7.36. The van der Waals surface area contributed by atoms with Gasteiger partial charge >= 0.3 is 0 Å². The summed E-state index contributed by atoms with van der Waals surface area (Å²) in [4.78, 5) is 2.56. The van der Waals surface area contributed by atoms with Crippen LogP contribution in [0.1, 0.15) is 49.9 Å². The van der Waals surface area contributed by atoms with Crippen molar-refractivity contribution in [2.45, 2.75) is 38.5 Å². The molecule has 0 N–H and O–H groups in total. The van der Waals surface area contributed by atoms with Crippen molar-refractivity contribution in [1.82, 2.24) is 0 Å². The van der Waals surface area contributed by atoms with E-state index in [9.17, 15) is 0 Å². The minimum atomic E-state index is -0.209. The highest BCUT2D eigenvalue weighted by molar-refractivity contribution is 6.12. The Kier molecular flexibility index (Phi) is 11.7. The maximum absolute atomic E-state index is 7.36. The lowest BCUT2D eigenvalue weighted by Crippen LogP contribution is -2.18. The summed E-state index contributed by atoms with van der Waals surface area (Å²) in [6.45, 7) is 9.55. The van der Waals surface area contributed by atoms with Crippen LogP contribution in [0.4, 0.5) is 17.1 Å². The second kappa shape index (κ2) is 19.9. The summed E-state index contributed by atoms with van der Waals surface area (Å²) in [5, 5.41) is 4.97. The van der Waals surface area contributed by atoms with Crippen molar-refractivity contribution in [3.05, 3.63) is 320 Å². The minimum Gasteiger partial charge on any atom is -0.453 e. The molecule has 2 aliphatic carbocycles. The van der Waals surface area contributed by atoms with Crippen LogP contribution >= 0.6 is 0 Å². The topological polar surface area (TPSA) is 12.5 Å². The summed E-state index contributed by atoms with van der Waals surface area (Å²) in [5.74, 6) is 1.57. The number of ether oxygens (including phenoxy) is 1. The van der Waals surface area contributed by atoms with Crippen LogP contribution in [0.3, 0.4) is 0 Å². The maximum Gasteiger partial charge on any atom is 0.151 e. The van der Waals surface area contributed by atoms with Crippen LogP contribution in [0.25, 0.3) is 122 Å². The van der Waals surface area contributed by atoms with Gasteiger partial charge in [-0.05, 0) is 181 Å². The number of nitrogens with zero attached hydrogens (tertiary/aromatic N) is 1. The van der Waals surface area contributed by atoms with Crippen LogP contribution in [0.15, 0.2) is 297 Å². The van der Waals surface area contributed by atoms with Crippen LogP contribution in [0.5, 0.6) is 11.5 Å². The molecule has 0 spiro atoms. The van der Waals surface area contributed by atoms with E-state index in [1.165, 1.54) is 99.4 Å². The lowest BCUT2D eigenvalue weighted by Gasteiger charge is -2.37. The molecule has 1 aliphatic heterocycles. The zero-order chi connectivity index (χ0) is 58.8. The summed E-state index contributed by atoms with van der Waals surface area (Å²) in [7, 11) is 0. The first-order valence-electron chi connectivity index (χ1n) is 30.8. The molecule has 3 aliphatic rings. The summed E-state index contributed by atoms with van der Waals surface area (Å²) >= 11 is 0. The molecule has 0 amide bonds. The fraction of sp³-hybridized carbons (Fsp3) is 0.0698. The molecule has 2 heteroatoms. The minimum absolute atomic E-state index is 0.209. The van der Waals surface area contributed by atoms with Gasteiger partial charge in [0.05, 0.1) is 17.1 Å². The Morgan fingerprint density at radius 3 is 0.989 bits per heavy atom. The van der Waals surface area contributed by atoms with E-state index in [1.807, 2.05) is 0 Å². The Morgan fingerprint density at radius 2 is 0.568 bits per heavy atom. The Bertz CT molecular complexity index is 4830. The molecule has 0 unspecified atom stereocenters. The van der Waals surface area contributed by atoms with Gasteiger partial charge in [-0.2, -0.15) is 0 Å². The Morgan fingerprint density at radius 1 is 0.239 bits per heavy atom. The molecule has 88 heavy (non-hydrogen) atoms. The fourth-order valence-electron chi connectivity index (χ4n) is 15.0. The van der Waals surface area contributed by atoms with Gasteiger partial charge in [-0.3, -0.25) is 0 Å². The average Bonchev–Trinajstić information content (AvgIpc) is 1.45. The van der Waals surface area contributed by atoms with Crippen molar-refractivity contribution in [2.24, 2.45) is 0 Å². The summed E-state index contributed by atoms with van der Waals surface area (Å²) in [6.07, 6.45) is 0. The van der Waals surface area contributed by atoms with Crippen LogP contribution in [0.2, 0.25) is 0 Å². The highest BCUT2D eigenvalue weighted by Gasteiger charge is 2.40. The van der Waals surface area contributed by atoms with Crippen LogP contribution in [-0.2, 0) is 10.8 Å². The second-order valence-electron chi connectivity index (χ2n) is 25.1. The van der Waals surface area contributed by atoms with Crippen LogP contribution < -0.4 is 9.64 Å². The van der Waals surface area contributed by atoms with Crippen molar-refractivity contribution in [3.8, 4) is 112 Å². The number of anilines is 3. The van der Waals surface area contributed by atoms with Gasteiger partial charge in [0.2, 0.25) is 0 Å². The number of benzene rings is 14. The monoisotopic (exact) mass is 1120 g/mol. The largest absolute Gasteiger partial charge is 0.453 e. The van der Waals surface area contributed by atoms with Gasteiger partial charge in [0.25, 0.3) is 0 Å². The molecule has 2 nitrogen and oxygen atoms in total. The second-order valence-corrected chi connectivity index (χ2v) is 25.1. The normalized spacial score (nSPS) is 13.7. The van der Waals surface area contributed by atoms with E-state index >= 15 is 0 Å². The Labute approximate surface area is 514 Å². The van der Waals surface area contributed by atoms with Crippen LogP contribution in [0, 0.1) is 0 Å². The summed E-state index contributed by atoms with van der Waals surface area (Å²) in [6, 6.07) is 110. The molecule has 0 atom stereocenters. The van der Waals surface area contributed by atoms with Crippen molar-refractivity contribution in [3.63, 3.8) is 0 Å². The molecular weight excluding hydrogens is 1060 g/mol. The zero-order valence-corrected chi connectivity index (χ0v) is 49.6. The first-order chi connectivity index (χ1) is 43.2. The van der Waals surface area contributed by atoms with E-state index in [1.54, 1.807) is 0 Å². The number of rotatable bonds is 8. The predicted octanol–water partition coefficient (Wildman–Crippen LogP) is 23.9. The van der Waals surface area contributed by atoms with E-state index in [-0.39, 0.29) is 10.8 Å². The number of fused-ring (bicyclic) bond motifs is 12. The molecule has 0 fully saturated rings. The van der Waals surface area contributed by atoms with Gasteiger partial charge in [0, 0.05) is 22.0 Å². The highest BCUT2D eigenvalue weighted by Crippen LogP contribution is 2.60. The van der Waals surface area contributed by atoms with Crippen molar-refractivity contribution in [1.29, 1.82) is 0 Å². The zero-order valence-electron chi connectivity index (χ0n) is 49.6. The Balaban J connectivity index is 0.961. The molecule has 17 rings (SSSR count). The third-order valence-electron chi connectivity index (χ3n) is 19.5. The van der Waals surface area contributed by atoms with E-state index in [2.05, 4.69) is 330 Å². The van der Waals surface area contributed by atoms with Gasteiger partial charge < -0.3 is 9.64 Å². The standard InChI is InChI=1S/C86H61NO/c1-85(2)74-34-20-18-32-68(74)82-66-30-16-14-28-64(66)70(52-76(82)85)61-44-46-80-78(50-61)87(79-51-62(45-47-81(79)88-80)71-53-77-83(67-31-17-15-29-65(67)71)69-33-19-21-35-75(69)86(77,3)4)84-72(59-40-36-57(37-41-59)54-22-8-5-9-23-54)48-63(56-26-12-7-13-27-56)49-73(84)60-42-38-58(39-43-60)55-24-10-6-11-25-55/h5-53H,1-4H3. The third-order valence-corrected chi connectivity index (χ3v) is 19.5. The van der Waals surface area contributed by atoms with Crippen molar-refractivity contribution < 1.29 is 4.74 Å². The average molecular weight is 1120 g/mol. The molecule has 14 aromatic rings. The van der Waals surface area contributed by atoms with E-state index in [0.717, 1.165) is 73.1 Å². The molecule has 0 saturated heterocycles. The molecule has 1 heterocycles. The molecular formula is C86H61NO. The quantitative estimate of drug-likeness (QED) is 0.150. The predicted molar refractivity (Wildman–Crippen MR) is 369 cm³/mol. The third kappa shape index (κ3) is 8.02. The van der Waals surface area contributed by atoms with Crippen molar-refractivity contribution in [2.75, 3.05) is 4.90 Å². The SMILES string of the molecule is CC1(C)c2ccccc2-c2c1cc(-c1ccc3c(c1)N(c1c(-c4ccc(-c5ccccc5)cc4)cc(-c4ccccc4)cc1-c1ccc(-c4ccccc4)cc1)c1cc(-c4cc5c(c6ccccc46)-c4ccccc4C5(C)C)ccc1O3)c1ccccc21. The van der Waals surface area contributed by atoms with Gasteiger partial charge in [-0.15, -0.1) is 0 Å². The first-order valence-corrected chi connectivity index (χ1v) is 30.8. The lowest BCUT2D eigenvalue weighted by molar-refractivity contribution is 0.477. The molecule has 0 radical (unpaired) electrons. The molecule has 0 saturated carbocycles. The molecule has 14 aromatic carbocycles. The number of hydrogen-bond acceptors (Lipinski definition) is 2. The molecule has 0 aromatic heterocycles.